The van der Waals surface area contributed by atoms with Crippen LogP contribution in [0.5, 0.6) is 0 Å². The molecule has 2 aromatic rings. The van der Waals surface area contributed by atoms with Crippen molar-refractivity contribution in [3.8, 4) is 0 Å². The SMILES string of the molecule is Cc1c(C(=O)OCC(=O)N2CCN(S(C)(=O)=O)CC2)oc2ccccc12. The summed E-state index contributed by atoms with van der Waals surface area (Å²) in [7, 11) is -3.26. The summed E-state index contributed by atoms with van der Waals surface area (Å²) >= 11 is 0. The molecule has 26 heavy (non-hydrogen) atoms. The normalized spacial score (nSPS) is 16.0. The van der Waals surface area contributed by atoms with Gasteiger partial charge in [-0.1, -0.05) is 18.2 Å². The van der Waals surface area contributed by atoms with Crippen molar-refractivity contribution in [1.29, 1.82) is 0 Å². The van der Waals surface area contributed by atoms with Crippen molar-refractivity contribution in [2.45, 2.75) is 6.92 Å². The Bertz CT molecular complexity index is 941. The van der Waals surface area contributed by atoms with Gasteiger partial charge in [0.1, 0.15) is 5.58 Å². The monoisotopic (exact) mass is 380 g/mol. The first-order valence-electron chi connectivity index (χ1n) is 8.15. The van der Waals surface area contributed by atoms with Crippen molar-refractivity contribution in [3.05, 3.63) is 35.6 Å². The quantitative estimate of drug-likeness (QED) is 0.734. The third-order valence-corrected chi connectivity index (χ3v) is 5.72. The first kappa shape index (κ1) is 18.4. The minimum absolute atomic E-state index is 0.0842. The molecule has 0 atom stereocenters. The molecule has 1 aromatic heterocycles. The van der Waals surface area contributed by atoms with Gasteiger partial charge in [-0.3, -0.25) is 4.79 Å². The van der Waals surface area contributed by atoms with Gasteiger partial charge in [0, 0.05) is 37.1 Å². The van der Waals surface area contributed by atoms with Gasteiger partial charge in [0.15, 0.2) is 6.61 Å². The summed E-state index contributed by atoms with van der Waals surface area (Å²) in [5, 5.41) is 0.822. The molecule has 1 saturated heterocycles. The van der Waals surface area contributed by atoms with Gasteiger partial charge in [-0.25, -0.2) is 13.2 Å². The largest absolute Gasteiger partial charge is 0.450 e. The number of carbonyl (C=O) groups is 2. The second-order valence-corrected chi connectivity index (χ2v) is 8.15. The molecule has 0 radical (unpaired) electrons. The lowest BCUT2D eigenvalue weighted by molar-refractivity contribution is -0.135. The molecule has 3 rings (SSSR count). The molecular formula is C17H20N2O6S. The molecule has 0 N–H and O–H groups in total. The summed E-state index contributed by atoms with van der Waals surface area (Å²) in [5.41, 5.74) is 1.25. The summed E-state index contributed by atoms with van der Waals surface area (Å²) in [5.74, 6) is -0.969. The fourth-order valence-electron chi connectivity index (χ4n) is 2.92. The number of piperazine rings is 1. The zero-order valence-corrected chi connectivity index (χ0v) is 15.4. The van der Waals surface area contributed by atoms with E-state index < -0.39 is 22.6 Å². The van der Waals surface area contributed by atoms with Gasteiger partial charge < -0.3 is 14.1 Å². The van der Waals surface area contributed by atoms with Gasteiger partial charge in [0.25, 0.3) is 5.91 Å². The van der Waals surface area contributed by atoms with E-state index in [2.05, 4.69) is 0 Å². The molecular weight excluding hydrogens is 360 g/mol. The maximum Gasteiger partial charge on any atom is 0.375 e. The molecule has 1 aliphatic heterocycles. The number of amides is 1. The number of carbonyl (C=O) groups excluding carboxylic acids is 2. The number of ether oxygens (including phenoxy) is 1. The molecule has 8 nitrogen and oxygen atoms in total. The lowest BCUT2D eigenvalue weighted by atomic mass is 10.1. The Labute approximate surface area is 151 Å². The van der Waals surface area contributed by atoms with E-state index in [-0.39, 0.29) is 37.8 Å². The van der Waals surface area contributed by atoms with E-state index in [9.17, 15) is 18.0 Å². The van der Waals surface area contributed by atoms with E-state index >= 15 is 0 Å². The highest BCUT2D eigenvalue weighted by molar-refractivity contribution is 7.88. The predicted molar refractivity (Wildman–Crippen MR) is 94.2 cm³/mol. The zero-order chi connectivity index (χ0) is 18.9. The van der Waals surface area contributed by atoms with Crippen molar-refractivity contribution >= 4 is 32.9 Å². The summed E-state index contributed by atoms with van der Waals surface area (Å²) in [6, 6.07) is 7.25. The van der Waals surface area contributed by atoms with E-state index in [0.717, 1.165) is 11.6 Å². The molecule has 9 heteroatoms. The second kappa shape index (κ2) is 7.08. The van der Waals surface area contributed by atoms with Crippen LogP contribution in [0.2, 0.25) is 0 Å². The van der Waals surface area contributed by atoms with Gasteiger partial charge in [-0.05, 0) is 13.0 Å². The fourth-order valence-corrected chi connectivity index (χ4v) is 3.75. The Kier molecular flexibility index (Phi) is 5.01. The standard InChI is InChI=1S/C17H20N2O6S/c1-12-13-5-3-4-6-14(13)25-16(12)17(21)24-11-15(20)18-7-9-19(10-8-18)26(2,22)23/h3-6H,7-11H2,1-2H3. The molecule has 0 spiro atoms. The first-order chi connectivity index (χ1) is 12.3. The molecule has 1 amide bonds. The molecule has 0 aliphatic carbocycles. The molecule has 0 saturated carbocycles. The Morgan fingerprint density at radius 1 is 1.15 bits per heavy atom. The lowest BCUT2D eigenvalue weighted by Crippen LogP contribution is -2.51. The number of nitrogens with zero attached hydrogens (tertiary/aromatic N) is 2. The number of rotatable bonds is 4. The van der Waals surface area contributed by atoms with Gasteiger partial charge in [-0.15, -0.1) is 0 Å². The molecule has 1 aliphatic rings. The van der Waals surface area contributed by atoms with Crippen LogP contribution in [0.15, 0.2) is 28.7 Å². The number of sulfonamides is 1. The summed E-state index contributed by atoms with van der Waals surface area (Å²) in [4.78, 5) is 25.9. The van der Waals surface area contributed by atoms with Crippen LogP contribution in [0.4, 0.5) is 0 Å². The highest BCUT2D eigenvalue weighted by atomic mass is 32.2. The third kappa shape index (κ3) is 3.73. The number of para-hydroxylation sites is 1. The third-order valence-electron chi connectivity index (χ3n) is 4.42. The number of aryl methyl sites for hydroxylation is 1. The zero-order valence-electron chi connectivity index (χ0n) is 14.6. The van der Waals surface area contributed by atoms with Gasteiger partial charge in [0.2, 0.25) is 15.8 Å². The van der Waals surface area contributed by atoms with E-state index in [4.69, 9.17) is 9.15 Å². The topological polar surface area (TPSA) is 97.1 Å². The van der Waals surface area contributed by atoms with Crippen molar-refractivity contribution < 1.29 is 27.2 Å². The minimum Gasteiger partial charge on any atom is -0.450 e. The smallest absolute Gasteiger partial charge is 0.375 e. The molecule has 2 heterocycles. The Morgan fingerprint density at radius 3 is 2.42 bits per heavy atom. The van der Waals surface area contributed by atoms with E-state index in [0.29, 0.717) is 11.1 Å². The summed E-state index contributed by atoms with van der Waals surface area (Å²) in [6.45, 7) is 2.37. The molecule has 1 fully saturated rings. The number of benzene rings is 1. The predicted octanol–water partition coefficient (Wildman–Crippen LogP) is 1.00. The Balaban J connectivity index is 1.58. The number of hydrogen-bond donors (Lipinski definition) is 0. The van der Waals surface area contributed by atoms with Crippen LogP contribution < -0.4 is 0 Å². The van der Waals surface area contributed by atoms with Gasteiger partial charge >= 0.3 is 5.97 Å². The van der Waals surface area contributed by atoms with Crippen LogP contribution in [0.1, 0.15) is 16.1 Å². The molecule has 0 unspecified atom stereocenters. The minimum atomic E-state index is -3.26. The fraction of sp³-hybridized carbons (Fsp3) is 0.412. The lowest BCUT2D eigenvalue weighted by Gasteiger charge is -2.33. The van der Waals surface area contributed by atoms with Crippen molar-refractivity contribution in [3.63, 3.8) is 0 Å². The number of hydrogen-bond acceptors (Lipinski definition) is 6. The van der Waals surface area contributed by atoms with Crippen molar-refractivity contribution in [2.75, 3.05) is 39.0 Å². The average molecular weight is 380 g/mol. The molecule has 0 bridgehead atoms. The van der Waals surface area contributed by atoms with E-state index in [1.165, 1.54) is 9.21 Å². The van der Waals surface area contributed by atoms with Crippen molar-refractivity contribution in [2.24, 2.45) is 0 Å². The van der Waals surface area contributed by atoms with Crippen LogP contribution in [-0.4, -0.2) is 68.5 Å². The highest BCUT2D eigenvalue weighted by Crippen LogP contribution is 2.25. The van der Waals surface area contributed by atoms with Crippen molar-refractivity contribution in [1.82, 2.24) is 9.21 Å². The number of esters is 1. The Hall–Kier alpha value is -2.39. The van der Waals surface area contributed by atoms with Gasteiger partial charge in [0.05, 0.1) is 6.26 Å². The highest BCUT2D eigenvalue weighted by Gasteiger charge is 2.27. The molecule has 1 aromatic carbocycles. The van der Waals surface area contributed by atoms with Crippen LogP contribution in [0.3, 0.4) is 0 Å². The molecule has 140 valence electrons. The maximum atomic E-state index is 12.2. The van der Waals surface area contributed by atoms with Crippen LogP contribution >= 0.6 is 0 Å². The number of furan rings is 1. The van der Waals surface area contributed by atoms with Crippen LogP contribution in [0, 0.1) is 6.92 Å². The number of fused-ring (bicyclic) bond motifs is 1. The second-order valence-electron chi connectivity index (χ2n) is 6.17. The summed E-state index contributed by atoms with van der Waals surface area (Å²) < 4.78 is 34.9. The van der Waals surface area contributed by atoms with Gasteiger partial charge in [-0.2, -0.15) is 4.31 Å². The first-order valence-corrected chi connectivity index (χ1v) is 10.0. The maximum absolute atomic E-state index is 12.2. The Morgan fingerprint density at radius 2 is 1.81 bits per heavy atom. The van der Waals surface area contributed by atoms with Crippen LogP contribution in [0.25, 0.3) is 11.0 Å². The average Bonchev–Trinajstić information content (AvgIpc) is 2.96. The van der Waals surface area contributed by atoms with E-state index in [1.54, 1.807) is 19.1 Å². The van der Waals surface area contributed by atoms with Crippen LogP contribution in [-0.2, 0) is 19.6 Å². The summed E-state index contributed by atoms with van der Waals surface area (Å²) in [6.07, 6.45) is 1.14. The van der Waals surface area contributed by atoms with E-state index in [1.807, 2.05) is 12.1 Å².